The number of halogens is 1. The minimum atomic E-state index is -0.790. The van der Waals surface area contributed by atoms with Gasteiger partial charge in [-0.1, -0.05) is 6.07 Å². The first-order valence-electron chi connectivity index (χ1n) is 6.85. The molecule has 2 unspecified atom stereocenters. The number of rotatable bonds is 2. The van der Waals surface area contributed by atoms with Crippen molar-refractivity contribution in [2.24, 2.45) is 0 Å². The molecule has 3 atom stereocenters. The van der Waals surface area contributed by atoms with Gasteiger partial charge in [-0.2, -0.15) is 0 Å². The summed E-state index contributed by atoms with van der Waals surface area (Å²) < 4.78 is 13.9. The highest BCUT2D eigenvalue weighted by Gasteiger charge is 2.28. The Morgan fingerprint density at radius 2 is 1.84 bits per heavy atom. The van der Waals surface area contributed by atoms with Gasteiger partial charge in [-0.3, -0.25) is 4.90 Å². The number of benzene rings is 1. The lowest BCUT2D eigenvalue weighted by atomic mass is 10.0. The fourth-order valence-corrected chi connectivity index (χ4v) is 2.82. The second kappa shape index (κ2) is 5.47. The normalized spacial score (nSPS) is 26.5. The van der Waals surface area contributed by atoms with Gasteiger partial charge in [0.25, 0.3) is 0 Å². The average Bonchev–Trinajstić information content (AvgIpc) is 2.34. The minimum Gasteiger partial charge on any atom is -0.389 e. The maximum atomic E-state index is 13.9. The number of hydrogen-bond donors (Lipinski definition) is 1. The summed E-state index contributed by atoms with van der Waals surface area (Å²) in [6, 6.07) is 5.84. The first-order valence-corrected chi connectivity index (χ1v) is 6.85. The Morgan fingerprint density at radius 3 is 2.37 bits per heavy atom. The Bertz CT molecular complexity index is 438. The lowest BCUT2D eigenvalue weighted by Gasteiger charge is -2.44. The van der Waals surface area contributed by atoms with Crippen LogP contribution in [0.4, 0.5) is 10.1 Å². The van der Waals surface area contributed by atoms with Crippen molar-refractivity contribution < 1.29 is 9.50 Å². The van der Waals surface area contributed by atoms with Crippen LogP contribution in [0.3, 0.4) is 0 Å². The molecule has 4 heteroatoms. The summed E-state index contributed by atoms with van der Waals surface area (Å²) in [6.07, 6.45) is -0.790. The van der Waals surface area contributed by atoms with Crippen LogP contribution >= 0.6 is 0 Å². The fourth-order valence-electron chi connectivity index (χ4n) is 2.82. The van der Waals surface area contributed by atoms with Gasteiger partial charge in [0.05, 0.1) is 6.10 Å². The summed E-state index contributed by atoms with van der Waals surface area (Å²) in [5.74, 6) is -0.327. The van der Waals surface area contributed by atoms with E-state index in [0.29, 0.717) is 17.6 Å². The van der Waals surface area contributed by atoms with Crippen LogP contribution in [0.25, 0.3) is 0 Å². The van der Waals surface area contributed by atoms with Crippen LogP contribution in [-0.4, -0.2) is 42.2 Å². The number of likely N-dealkylation sites (N-methyl/N-ethyl adjacent to an activating group) is 1. The largest absolute Gasteiger partial charge is 0.389 e. The molecular formula is C15H23FN2O. The van der Waals surface area contributed by atoms with Crippen LogP contribution < -0.4 is 4.90 Å². The molecule has 1 aliphatic rings. The van der Waals surface area contributed by atoms with Gasteiger partial charge in [0.1, 0.15) is 5.82 Å². The summed E-state index contributed by atoms with van der Waals surface area (Å²) in [7, 11) is 2.12. The quantitative estimate of drug-likeness (QED) is 0.890. The topological polar surface area (TPSA) is 26.7 Å². The molecule has 0 spiro atoms. The van der Waals surface area contributed by atoms with Crippen molar-refractivity contribution in [2.75, 3.05) is 25.0 Å². The number of aliphatic hydroxyl groups excluding tert-OH is 1. The van der Waals surface area contributed by atoms with E-state index in [1.807, 2.05) is 6.07 Å². The molecule has 0 aromatic heterocycles. The number of anilines is 1. The molecule has 1 aromatic carbocycles. The van der Waals surface area contributed by atoms with E-state index in [9.17, 15) is 9.50 Å². The van der Waals surface area contributed by atoms with E-state index in [2.05, 4.69) is 30.7 Å². The molecule has 0 saturated carbocycles. The maximum absolute atomic E-state index is 13.9. The molecule has 0 aliphatic carbocycles. The molecule has 0 bridgehead atoms. The summed E-state index contributed by atoms with van der Waals surface area (Å²) in [6.45, 7) is 7.66. The van der Waals surface area contributed by atoms with Crippen molar-refractivity contribution in [3.8, 4) is 0 Å². The number of aliphatic hydroxyl groups is 1. The zero-order chi connectivity index (χ0) is 14.2. The zero-order valence-electron chi connectivity index (χ0n) is 12.1. The molecule has 1 fully saturated rings. The van der Waals surface area contributed by atoms with E-state index in [1.54, 1.807) is 13.0 Å². The van der Waals surface area contributed by atoms with Gasteiger partial charge >= 0.3 is 0 Å². The standard InChI is InChI=1S/C15H23FN2O/c1-10-8-18(9-11(2)17(10)4)14-7-5-6-13(16)15(14)12(3)19/h5-7,10-12,19H,8-9H2,1-4H3/t10?,11?,12-/m1/s1. The van der Waals surface area contributed by atoms with E-state index < -0.39 is 6.10 Å². The van der Waals surface area contributed by atoms with Gasteiger partial charge in [-0.05, 0) is 40.0 Å². The molecule has 106 valence electrons. The maximum Gasteiger partial charge on any atom is 0.131 e. The lowest BCUT2D eigenvalue weighted by molar-refractivity contribution is 0.167. The molecule has 3 nitrogen and oxygen atoms in total. The summed E-state index contributed by atoms with van der Waals surface area (Å²) in [5, 5.41) is 9.82. The van der Waals surface area contributed by atoms with Crippen molar-refractivity contribution in [3.63, 3.8) is 0 Å². The molecule has 0 radical (unpaired) electrons. The van der Waals surface area contributed by atoms with Gasteiger partial charge in [0.15, 0.2) is 0 Å². The Kier molecular flexibility index (Phi) is 4.11. The summed E-state index contributed by atoms with van der Waals surface area (Å²) in [4.78, 5) is 4.51. The number of hydrogen-bond acceptors (Lipinski definition) is 3. The highest BCUT2D eigenvalue weighted by atomic mass is 19.1. The van der Waals surface area contributed by atoms with E-state index in [4.69, 9.17) is 0 Å². The van der Waals surface area contributed by atoms with Gasteiger partial charge < -0.3 is 10.0 Å². The van der Waals surface area contributed by atoms with E-state index in [-0.39, 0.29) is 5.82 Å². The van der Waals surface area contributed by atoms with Gasteiger partial charge in [0.2, 0.25) is 0 Å². The number of piperazine rings is 1. The molecule has 1 saturated heterocycles. The highest BCUT2D eigenvalue weighted by molar-refractivity contribution is 5.55. The third-order valence-corrected chi connectivity index (χ3v) is 4.15. The average molecular weight is 266 g/mol. The van der Waals surface area contributed by atoms with Gasteiger partial charge in [-0.25, -0.2) is 4.39 Å². The van der Waals surface area contributed by atoms with Crippen LogP contribution in [0, 0.1) is 5.82 Å². The Balaban J connectivity index is 2.35. The van der Waals surface area contributed by atoms with Gasteiger partial charge in [0, 0.05) is 36.4 Å². The van der Waals surface area contributed by atoms with Crippen LogP contribution in [-0.2, 0) is 0 Å². The summed E-state index contributed by atoms with van der Waals surface area (Å²) >= 11 is 0. The number of nitrogens with zero attached hydrogens (tertiary/aromatic N) is 2. The molecule has 1 heterocycles. The molecule has 2 rings (SSSR count). The Morgan fingerprint density at radius 1 is 1.26 bits per heavy atom. The molecular weight excluding hydrogens is 243 g/mol. The SMILES string of the molecule is CC1CN(c2cccc(F)c2[C@@H](C)O)CC(C)N1C. The van der Waals surface area contributed by atoms with Crippen molar-refractivity contribution in [2.45, 2.75) is 39.0 Å². The van der Waals surface area contributed by atoms with Crippen LogP contribution in [0.2, 0.25) is 0 Å². The van der Waals surface area contributed by atoms with Crippen molar-refractivity contribution in [3.05, 3.63) is 29.6 Å². The Hall–Kier alpha value is -1.13. The van der Waals surface area contributed by atoms with E-state index in [1.165, 1.54) is 6.07 Å². The third-order valence-electron chi connectivity index (χ3n) is 4.15. The molecule has 1 aromatic rings. The van der Waals surface area contributed by atoms with Crippen LogP contribution in [0.1, 0.15) is 32.4 Å². The molecule has 1 aliphatic heterocycles. The highest BCUT2D eigenvalue weighted by Crippen LogP contribution is 2.31. The van der Waals surface area contributed by atoms with E-state index in [0.717, 1.165) is 18.8 Å². The Labute approximate surface area is 114 Å². The smallest absolute Gasteiger partial charge is 0.131 e. The first kappa shape index (κ1) is 14.3. The molecule has 19 heavy (non-hydrogen) atoms. The molecule has 1 N–H and O–H groups in total. The fraction of sp³-hybridized carbons (Fsp3) is 0.600. The third kappa shape index (κ3) is 2.74. The van der Waals surface area contributed by atoms with Crippen LogP contribution in [0.5, 0.6) is 0 Å². The molecule has 0 amide bonds. The lowest BCUT2D eigenvalue weighted by Crippen LogP contribution is -2.55. The van der Waals surface area contributed by atoms with Gasteiger partial charge in [-0.15, -0.1) is 0 Å². The predicted molar refractivity (Wildman–Crippen MR) is 75.9 cm³/mol. The summed E-state index contributed by atoms with van der Waals surface area (Å²) in [5.41, 5.74) is 1.23. The van der Waals surface area contributed by atoms with E-state index >= 15 is 0 Å². The monoisotopic (exact) mass is 266 g/mol. The van der Waals surface area contributed by atoms with Crippen molar-refractivity contribution in [1.82, 2.24) is 4.90 Å². The zero-order valence-corrected chi connectivity index (χ0v) is 12.1. The minimum absolute atomic E-state index is 0.327. The first-order chi connectivity index (χ1) is 8.91. The van der Waals surface area contributed by atoms with Crippen molar-refractivity contribution in [1.29, 1.82) is 0 Å². The van der Waals surface area contributed by atoms with Crippen molar-refractivity contribution >= 4 is 5.69 Å². The van der Waals surface area contributed by atoms with Crippen LogP contribution in [0.15, 0.2) is 18.2 Å². The second-order valence-electron chi connectivity index (χ2n) is 5.62. The second-order valence-corrected chi connectivity index (χ2v) is 5.62. The predicted octanol–water partition coefficient (Wildman–Crippen LogP) is 2.41.